The van der Waals surface area contributed by atoms with Crippen molar-refractivity contribution >= 4 is 28.4 Å². The highest BCUT2D eigenvalue weighted by atomic mass is 32.1. The molecule has 1 aliphatic rings. The molecule has 7 heteroatoms. The summed E-state index contributed by atoms with van der Waals surface area (Å²) in [5, 5.41) is 8.03. The lowest BCUT2D eigenvalue weighted by Gasteiger charge is -2.29. The number of anilines is 1. The normalized spacial score (nSPS) is 20.3. The number of nitrogens with two attached hydrogens (primary N) is 1. The van der Waals surface area contributed by atoms with Crippen LogP contribution in [0.2, 0.25) is 0 Å². The van der Waals surface area contributed by atoms with Gasteiger partial charge in [-0.15, -0.1) is 11.3 Å². The number of aromatic nitrogens is 1. The smallest absolute Gasteiger partial charge is 0.321 e. The Kier molecular flexibility index (Phi) is 5.10. The third-order valence-corrected chi connectivity index (χ3v) is 5.00. The summed E-state index contributed by atoms with van der Waals surface area (Å²) in [4.78, 5) is 28.1. The molecule has 6 nitrogen and oxygen atoms in total. The number of nitrogens with one attached hydrogen (secondary N) is 2. The topological polar surface area (TPSA) is 97.1 Å². The van der Waals surface area contributed by atoms with Crippen molar-refractivity contribution in [2.75, 3.05) is 5.32 Å². The van der Waals surface area contributed by atoms with Crippen molar-refractivity contribution in [3.05, 3.63) is 35.7 Å². The van der Waals surface area contributed by atoms with Crippen molar-refractivity contribution in [1.82, 2.24) is 10.3 Å². The molecule has 1 heterocycles. The molecule has 1 saturated carbocycles. The SMILES string of the molecule is NC(=O)C1CCCCC1NC(=O)Nc1nc(-c2ccccc2)cs1. The largest absolute Gasteiger partial charge is 0.369 e. The van der Waals surface area contributed by atoms with Gasteiger partial charge < -0.3 is 11.1 Å². The lowest BCUT2D eigenvalue weighted by Crippen LogP contribution is -2.48. The highest BCUT2D eigenvalue weighted by Gasteiger charge is 2.30. The van der Waals surface area contributed by atoms with E-state index in [1.165, 1.54) is 11.3 Å². The minimum atomic E-state index is -0.347. The maximum Gasteiger partial charge on any atom is 0.321 e. The van der Waals surface area contributed by atoms with Gasteiger partial charge in [0.15, 0.2) is 5.13 Å². The molecule has 0 saturated heterocycles. The molecular formula is C17H20N4O2S. The number of carbonyl (C=O) groups excluding carboxylic acids is 2. The predicted octanol–water partition coefficient (Wildman–Crippen LogP) is 2.98. The second-order valence-corrected chi connectivity index (χ2v) is 6.76. The maximum absolute atomic E-state index is 12.2. The van der Waals surface area contributed by atoms with Crippen LogP contribution in [0.4, 0.5) is 9.93 Å². The van der Waals surface area contributed by atoms with E-state index in [1.54, 1.807) is 0 Å². The molecule has 0 bridgehead atoms. The first kappa shape index (κ1) is 16.4. The van der Waals surface area contributed by atoms with E-state index in [1.807, 2.05) is 35.7 Å². The lowest BCUT2D eigenvalue weighted by molar-refractivity contribution is -0.123. The molecule has 2 aromatic rings. The fraction of sp³-hybridized carbons (Fsp3) is 0.353. The Hall–Kier alpha value is -2.41. The van der Waals surface area contributed by atoms with Crippen LogP contribution < -0.4 is 16.4 Å². The number of hydrogen-bond donors (Lipinski definition) is 3. The summed E-state index contributed by atoms with van der Waals surface area (Å²) in [5.41, 5.74) is 7.26. The third-order valence-electron chi connectivity index (χ3n) is 4.24. The van der Waals surface area contributed by atoms with Gasteiger partial charge in [0, 0.05) is 17.0 Å². The molecule has 0 radical (unpaired) electrons. The lowest BCUT2D eigenvalue weighted by atomic mass is 9.84. The minimum absolute atomic E-state index is 0.204. The predicted molar refractivity (Wildman–Crippen MR) is 94.6 cm³/mol. The fourth-order valence-electron chi connectivity index (χ4n) is 3.02. The van der Waals surface area contributed by atoms with Crippen LogP contribution in [0.15, 0.2) is 35.7 Å². The van der Waals surface area contributed by atoms with Gasteiger partial charge in [0.2, 0.25) is 5.91 Å². The van der Waals surface area contributed by atoms with Crippen LogP contribution in [-0.2, 0) is 4.79 Å². The first-order valence-corrected chi connectivity index (χ1v) is 8.89. The molecule has 2 atom stereocenters. The van der Waals surface area contributed by atoms with Crippen molar-refractivity contribution in [2.45, 2.75) is 31.7 Å². The molecular weight excluding hydrogens is 324 g/mol. The average Bonchev–Trinajstić information content (AvgIpc) is 3.04. The fourth-order valence-corrected chi connectivity index (χ4v) is 3.73. The van der Waals surface area contributed by atoms with Crippen LogP contribution in [-0.4, -0.2) is 23.0 Å². The third kappa shape index (κ3) is 3.91. The second kappa shape index (κ2) is 7.44. The van der Waals surface area contributed by atoms with Crippen molar-refractivity contribution in [2.24, 2.45) is 11.7 Å². The number of urea groups is 1. The molecule has 1 aliphatic carbocycles. The summed E-state index contributed by atoms with van der Waals surface area (Å²) in [5.74, 6) is -0.638. The van der Waals surface area contributed by atoms with Crippen LogP contribution in [0.25, 0.3) is 11.3 Å². The standard InChI is InChI=1S/C17H20N4O2S/c18-15(22)12-8-4-5-9-13(12)19-16(23)21-17-20-14(10-24-17)11-6-2-1-3-7-11/h1-3,6-7,10,12-13H,4-5,8-9H2,(H2,18,22)(H2,19,20,21,23). The van der Waals surface area contributed by atoms with Crippen molar-refractivity contribution in [1.29, 1.82) is 0 Å². The van der Waals surface area contributed by atoms with Crippen molar-refractivity contribution in [3.63, 3.8) is 0 Å². The van der Waals surface area contributed by atoms with Gasteiger partial charge in [-0.05, 0) is 12.8 Å². The highest BCUT2D eigenvalue weighted by Crippen LogP contribution is 2.26. The molecule has 3 amide bonds. The van der Waals surface area contributed by atoms with Gasteiger partial charge >= 0.3 is 6.03 Å². The maximum atomic E-state index is 12.2. The van der Waals surface area contributed by atoms with E-state index in [9.17, 15) is 9.59 Å². The van der Waals surface area contributed by atoms with Crippen LogP contribution in [0, 0.1) is 5.92 Å². The summed E-state index contributed by atoms with van der Waals surface area (Å²) in [7, 11) is 0. The molecule has 3 rings (SSSR count). The summed E-state index contributed by atoms with van der Waals surface area (Å²) in [6.07, 6.45) is 3.47. The molecule has 1 fully saturated rings. The minimum Gasteiger partial charge on any atom is -0.369 e. The summed E-state index contributed by atoms with van der Waals surface area (Å²) in [6.45, 7) is 0. The molecule has 0 aliphatic heterocycles. The summed E-state index contributed by atoms with van der Waals surface area (Å²) < 4.78 is 0. The first-order chi connectivity index (χ1) is 11.6. The van der Waals surface area contributed by atoms with E-state index in [-0.39, 0.29) is 23.9 Å². The first-order valence-electron chi connectivity index (χ1n) is 8.01. The van der Waals surface area contributed by atoms with Gasteiger partial charge in [-0.1, -0.05) is 43.2 Å². The van der Waals surface area contributed by atoms with E-state index in [4.69, 9.17) is 5.73 Å². The van der Waals surface area contributed by atoms with Gasteiger partial charge in [-0.2, -0.15) is 0 Å². The van der Waals surface area contributed by atoms with E-state index >= 15 is 0 Å². The number of amides is 3. The molecule has 1 aromatic heterocycles. The van der Waals surface area contributed by atoms with Crippen LogP contribution in [0.3, 0.4) is 0 Å². The Morgan fingerprint density at radius 3 is 2.67 bits per heavy atom. The van der Waals surface area contributed by atoms with Crippen molar-refractivity contribution in [3.8, 4) is 11.3 Å². The second-order valence-electron chi connectivity index (χ2n) is 5.90. The van der Waals surface area contributed by atoms with E-state index in [0.29, 0.717) is 5.13 Å². The average molecular weight is 344 g/mol. The Morgan fingerprint density at radius 1 is 1.17 bits per heavy atom. The van der Waals surface area contributed by atoms with Crippen molar-refractivity contribution < 1.29 is 9.59 Å². The van der Waals surface area contributed by atoms with Crippen LogP contribution >= 0.6 is 11.3 Å². The monoisotopic (exact) mass is 344 g/mol. The Labute approximate surface area is 144 Å². The Morgan fingerprint density at radius 2 is 1.92 bits per heavy atom. The number of nitrogens with zero attached hydrogens (tertiary/aromatic N) is 1. The van der Waals surface area contributed by atoms with Gasteiger partial charge in [-0.25, -0.2) is 9.78 Å². The number of primary amides is 1. The molecule has 24 heavy (non-hydrogen) atoms. The number of rotatable bonds is 4. The summed E-state index contributed by atoms with van der Waals surface area (Å²) >= 11 is 1.37. The van der Waals surface area contributed by atoms with Gasteiger partial charge in [-0.3, -0.25) is 10.1 Å². The zero-order valence-corrected chi connectivity index (χ0v) is 14.0. The molecule has 0 spiro atoms. The number of thiazole rings is 1. The Balaban J connectivity index is 1.61. The zero-order chi connectivity index (χ0) is 16.9. The van der Waals surface area contributed by atoms with Gasteiger partial charge in [0.25, 0.3) is 0 Å². The number of benzene rings is 1. The number of hydrogen-bond acceptors (Lipinski definition) is 4. The highest BCUT2D eigenvalue weighted by molar-refractivity contribution is 7.14. The molecule has 4 N–H and O–H groups in total. The van der Waals surface area contributed by atoms with Gasteiger partial charge in [0.05, 0.1) is 11.6 Å². The van der Waals surface area contributed by atoms with E-state index in [2.05, 4.69) is 15.6 Å². The van der Waals surface area contributed by atoms with E-state index < -0.39 is 0 Å². The van der Waals surface area contributed by atoms with Crippen LogP contribution in [0.5, 0.6) is 0 Å². The molecule has 126 valence electrons. The van der Waals surface area contributed by atoms with Crippen LogP contribution in [0.1, 0.15) is 25.7 Å². The quantitative estimate of drug-likeness (QED) is 0.795. The molecule has 2 unspecified atom stereocenters. The summed E-state index contributed by atoms with van der Waals surface area (Å²) in [6, 6.07) is 9.23. The molecule has 1 aromatic carbocycles. The van der Waals surface area contributed by atoms with E-state index in [0.717, 1.165) is 36.9 Å². The number of carbonyl (C=O) groups is 2. The zero-order valence-electron chi connectivity index (χ0n) is 13.2. The van der Waals surface area contributed by atoms with Gasteiger partial charge in [0.1, 0.15) is 0 Å². The Bertz CT molecular complexity index is 716.